The Kier molecular flexibility index (Phi) is 7.20. The van der Waals surface area contributed by atoms with Gasteiger partial charge in [0.05, 0.1) is 46.5 Å². The predicted octanol–water partition coefficient (Wildman–Crippen LogP) is 2.71. The smallest absolute Gasteiger partial charge is 0.262 e. The van der Waals surface area contributed by atoms with Crippen molar-refractivity contribution >= 4 is 46.0 Å². The quantitative estimate of drug-likeness (QED) is 0.292. The molecular weight excluding hydrogens is 598 g/mol. The van der Waals surface area contributed by atoms with Gasteiger partial charge in [0.2, 0.25) is 11.8 Å². The summed E-state index contributed by atoms with van der Waals surface area (Å²) in [5.74, 6) is -1.59. The van der Waals surface area contributed by atoms with Crippen LogP contribution in [0, 0.1) is 5.92 Å². The third kappa shape index (κ3) is 5.29. The number of nitrogens with zero attached hydrogens (tertiary/aromatic N) is 7. The molecule has 2 aromatic heterocycles. The Bertz CT molecular complexity index is 1930. The number of aromatic nitrogens is 4. The van der Waals surface area contributed by atoms with Crippen molar-refractivity contribution in [2.75, 3.05) is 50.0 Å². The number of hydrogen-bond acceptors (Lipinski definition) is 10. The SMILES string of the molecule is CN1CCN(c2cccc3ncc(-c4cnn(C5CC(CNc6ccc7c(c6)C(=O)N(C6CCC(=O)NC6=O)C7=O)C5)c4)nc23)CC1. The van der Waals surface area contributed by atoms with Crippen molar-refractivity contribution in [1.82, 2.24) is 34.9 Å². The summed E-state index contributed by atoms with van der Waals surface area (Å²) in [6, 6.07) is 10.6. The molecule has 3 aliphatic heterocycles. The maximum atomic E-state index is 13.2. The second kappa shape index (κ2) is 11.6. The molecule has 240 valence electrons. The number of anilines is 2. The molecule has 2 saturated heterocycles. The van der Waals surface area contributed by atoms with Crippen LogP contribution in [0.15, 0.2) is 55.0 Å². The summed E-state index contributed by atoms with van der Waals surface area (Å²) in [7, 11) is 2.15. The van der Waals surface area contributed by atoms with Gasteiger partial charge in [0.1, 0.15) is 11.6 Å². The number of rotatable bonds is 7. The zero-order valence-corrected chi connectivity index (χ0v) is 26.1. The van der Waals surface area contributed by atoms with E-state index in [1.807, 2.05) is 29.2 Å². The van der Waals surface area contributed by atoms with Gasteiger partial charge in [0, 0.05) is 56.6 Å². The van der Waals surface area contributed by atoms with Crippen LogP contribution >= 0.6 is 0 Å². The Hall–Kier alpha value is -5.17. The molecule has 8 rings (SSSR count). The normalized spacial score (nSPS) is 23.2. The van der Waals surface area contributed by atoms with Crippen LogP contribution < -0.4 is 15.5 Å². The largest absolute Gasteiger partial charge is 0.385 e. The number of carbonyl (C=O) groups is 4. The zero-order valence-electron chi connectivity index (χ0n) is 26.1. The van der Waals surface area contributed by atoms with Gasteiger partial charge in [-0.2, -0.15) is 5.10 Å². The highest BCUT2D eigenvalue weighted by Crippen LogP contribution is 2.39. The van der Waals surface area contributed by atoms with E-state index in [1.165, 1.54) is 0 Å². The second-order valence-electron chi connectivity index (χ2n) is 13.0. The Balaban J connectivity index is 0.891. The summed E-state index contributed by atoms with van der Waals surface area (Å²) < 4.78 is 2.02. The maximum absolute atomic E-state index is 13.2. The summed E-state index contributed by atoms with van der Waals surface area (Å²) in [6.45, 7) is 4.68. The van der Waals surface area contributed by atoms with Gasteiger partial charge in [-0.25, -0.2) is 4.98 Å². The molecule has 1 saturated carbocycles. The summed E-state index contributed by atoms with van der Waals surface area (Å²) >= 11 is 0. The predicted molar refractivity (Wildman–Crippen MR) is 174 cm³/mol. The molecular formula is C34H35N9O4. The highest BCUT2D eigenvalue weighted by Gasteiger charge is 2.44. The molecule has 0 radical (unpaired) electrons. The van der Waals surface area contributed by atoms with Gasteiger partial charge in [-0.1, -0.05) is 6.07 Å². The number of carbonyl (C=O) groups excluding carboxylic acids is 4. The standard InChI is InChI=1S/C34H35N9O4/c1-40-9-11-41(12-10-40)28-4-2-3-26-31(28)38-27(18-36-26)21-17-37-42(19-21)23-13-20(14-23)16-35-22-5-6-24-25(15-22)34(47)43(33(24)46)29-7-8-30(44)39-32(29)45/h2-6,15,17-20,23,29,35H,7-14,16H2,1H3,(H,39,44,45). The number of piperazine rings is 1. The van der Waals surface area contributed by atoms with E-state index in [1.54, 1.807) is 18.2 Å². The summed E-state index contributed by atoms with van der Waals surface area (Å²) in [5, 5.41) is 10.3. The van der Waals surface area contributed by atoms with Crippen molar-refractivity contribution in [2.24, 2.45) is 5.92 Å². The van der Waals surface area contributed by atoms with Crippen LogP contribution in [0.25, 0.3) is 22.3 Å². The van der Waals surface area contributed by atoms with Crippen molar-refractivity contribution in [3.8, 4) is 11.3 Å². The molecule has 47 heavy (non-hydrogen) atoms. The molecule has 1 atom stereocenters. The maximum Gasteiger partial charge on any atom is 0.262 e. The minimum Gasteiger partial charge on any atom is -0.385 e. The van der Waals surface area contributed by atoms with E-state index in [0.717, 1.165) is 77.6 Å². The van der Waals surface area contributed by atoms with Gasteiger partial charge in [-0.3, -0.25) is 39.1 Å². The average Bonchev–Trinajstić information content (AvgIpc) is 3.63. The van der Waals surface area contributed by atoms with Gasteiger partial charge >= 0.3 is 0 Å². The number of imide groups is 2. The minimum atomic E-state index is -0.973. The molecule has 1 aliphatic carbocycles. The van der Waals surface area contributed by atoms with E-state index in [9.17, 15) is 19.2 Å². The molecule has 0 spiro atoms. The fourth-order valence-corrected chi connectivity index (χ4v) is 7.06. The Morgan fingerprint density at radius 1 is 0.957 bits per heavy atom. The van der Waals surface area contributed by atoms with E-state index in [-0.39, 0.29) is 30.0 Å². The van der Waals surface area contributed by atoms with E-state index in [0.29, 0.717) is 12.5 Å². The third-order valence-corrected chi connectivity index (χ3v) is 9.91. The second-order valence-corrected chi connectivity index (χ2v) is 13.0. The molecule has 2 aromatic carbocycles. The summed E-state index contributed by atoms with van der Waals surface area (Å²) in [6.07, 6.45) is 7.88. The number of benzene rings is 2. The average molecular weight is 634 g/mol. The summed E-state index contributed by atoms with van der Waals surface area (Å²) in [5.41, 5.74) is 5.96. The number of para-hydroxylation sites is 1. The third-order valence-electron chi connectivity index (χ3n) is 9.91. The van der Waals surface area contributed by atoms with Gasteiger partial charge in [0.15, 0.2) is 0 Å². The fourth-order valence-electron chi connectivity index (χ4n) is 7.06. The summed E-state index contributed by atoms with van der Waals surface area (Å²) in [4.78, 5) is 65.5. The molecule has 1 unspecified atom stereocenters. The highest BCUT2D eigenvalue weighted by atomic mass is 16.2. The van der Waals surface area contributed by atoms with Gasteiger partial charge in [0.25, 0.3) is 11.8 Å². The van der Waals surface area contributed by atoms with Crippen LogP contribution in [0.4, 0.5) is 11.4 Å². The van der Waals surface area contributed by atoms with E-state index in [4.69, 9.17) is 9.97 Å². The van der Waals surface area contributed by atoms with Crippen molar-refractivity contribution < 1.29 is 19.2 Å². The Labute approximate surface area is 270 Å². The lowest BCUT2D eigenvalue weighted by Crippen LogP contribution is -2.54. The van der Waals surface area contributed by atoms with Crippen LogP contribution in [0.3, 0.4) is 0 Å². The number of hydrogen-bond donors (Lipinski definition) is 2. The molecule has 3 fully saturated rings. The molecule has 5 heterocycles. The van der Waals surface area contributed by atoms with Crippen LogP contribution in [0.1, 0.15) is 52.4 Å². The van der Waals surface area contributed by atoms with Crippen molar-refractivity contribution in [2.45, 2.75) is 37.8 Å². The monoisotopic (exact) mass is 633 g/mol. The number of nitrogens with one attached hydrogen (secondary N) is 2. The number of likely N-dealkylation sites (N-methyl/N-ethyl adjacent to an activating group) is 1. The first-order chi connectivity index (χ1) is 22.8. The zero-order chi connectivity index (χ0) is 32.2. The molecule has 4 aromatic rings. The first-order valence-electron chi connectivity index (χ1n) is 16.2. The lowest BCUT2D eigenvalue weighted by Gasteiger charge is -2.35. The van der Waals surface area contributed by atoms with Crippen LogP contribution in [0.2, 0.25) is 0 Å². The van der Waals surface area contributed by atoms with Crippen LogP contribution in [0.5, 0.6) is 0 Å². The molecule has 0 bridgehead atoms. The molecule has 13 heteroatoms. The number of piperidine rings is 1. The molecule has 2 N–H and O–H groups in total. The molecule has 4 amide bonds. The minimum absolute atomic E-state index is 0.0917. The molecule has 13 nitrogen and oxygen atoms in total. The van der Waals surface area contributed by atoms with Gasteiger partial charge in [-0.05, 0) is 62.6 Å². The van der Waals surface area contributed by atoms with Crippen molar-refractivity contribution in [3.63, 3.8) is 0 Å². The van der Waals surface area contributed by atoms with E-state index in [2.05, 4.69) is 44.8 Å². The lowest BCUT2D eigenvalue weighted by molar-refractivity contribution is -0.136. The van der Waals surface area contributed by atoms with Crippen LogP contribution in [-0.2, 0) is 9.59 Å². The Morgan fingerprint density at radius 3 is 2.57 bits per heavy atom. The topological polar surface area (TPSA) is 146 Å². The number of fused-ring (bicyclic) bond motifs is 2. The lowest BCUT2D eigenvalue weighted by atomic mass is 9.80. The van der Waals surface area contributed by atoms with Gasteiger partial charge < -0.3 is 15.1 Å². The van der Waals surface area contributed by atoms with E-state index >= 15 is 0 Å². The van der Waals surface area contributed by atoms with Crippen molar-refractivity contribution in [3.05, 3.63) is 66.1 Å². The molecule has 4 aliphatic rings. The first kappa shape index (κ1) is 29.2. The fraction of sp³-hybridized carbons (Fsp3) is 0.382. The van der Waals surface area contributed by atoms with Crippen molar-refractivity contribution in [1.29, 1.82) is 0 Å². The van der Waals surface area contributed by atoms with E-state index < -0.39 is 29.7 Å². The van der Waals surface area contributed by atoms with Crippen LogP contribution in [-0.4, -0.2) is 99.0 Å². The highest BCUT2D eigenvalue weighted by molar-refractivity contribution is 6.23. The van der Waals surface area contributed by atoms with Gasteiger partial charge in [-0.15, -0.1) is 0 Å². The Morgan fingerprint density at radius 2 is 1.77 bits per heavy atom. The number of amides is 4. The first-order valence-corrected chi connectivity index (χ1v) is 16.2.